The molecule has 2 rings (SSSR count). The van der Waals surface area contributed by atoms with Crippen molar-refractivity contribution in [3.8, 4) is 0 Å². The summed E-state index contributed by atoms with van der Waals surface area (Å²) in [5.41, 5.74) is 3.17. The molecule has 7 heteroatoms. The number of anilines is 1. The van der Waals surface area contributed by atoms with E-state index in [1.807, 2.05) is 11.8 Å². The lowest BCUT2D eigenvalue weighted by Gasteiger charge is -2.36. The molecule has 0 unspecified atom stereocenters. The summed E-state index contributed by atoms with van der Waals surface area (Å²) >= 11 is 1.81. The van der Waals surface area contributed by atoms with Crippen LogP contribution in [0, 0.1) is 0 Å². The minimum Gasteiger partial charge on any atom is -0.324 e. The Hall–Kier alpha value is -0.760. The van der Waals surface area contributed by atoms with Crippen molar-refractivity contribution in [3.05, 3.63) is 24.3 Å². The number of hydrogen-bond acceptors (Lipinski definition) is 5. The highest BCUT2D eigenvalue weighted by atomic mass is 32.2. The van der Waals surface area contributed by atoms with E-state index in [1.54, 1.807) is 28.6 Å². The summed E-state index contributed by atoms with van der Waals surface area (Å²) in [4.78, 5) is 0.314. The summed E-state index contributed by atoms with van der Waals surface area (Å²) in [7, 11) is -3.41. The van der Waals surface area contributed by atoms with Crippen LogP contribution in [-0.4, -0.2) is 36.3 Å². The van der Waals surface area contributed by atoms with E-state index in [2.05, 4.69) is 19.3 Å². The lowest BCUT2D eigenvalue weighted by Crippen LogP contribution is -2.46. The second-order valence-corrected chi connectivity index (χ2v) is 8.86. The highest BCUT2D eigenvalue weighted by Gasteiger charge is 2.34. The van der Waals surface area contributed by atoms with E-state index in [0.717, 1.165) is 5.75 Å². The number of hydrogen-bond donors (Lipinski definition) is 2. The fraction of sp³-hybridized carbons (Fsp3) is 0.500. The van der Waals surface area contributed by atoms with Gasteiger partial charge in [0.2, 0.25) is 10.0 Å². The predicted molar refractivity (Wildman–Crippen MR) is 79.5 cm³/mol. The van der Waals surface area contributed by atoms with E-state index in [0.29, 0.717) is 23.7 Å². The monoisotopic (exact) mass is 301 g/mol. The van der Waals surface area contributed by atoms with E-state index >= 15 is 0 Å². The Morgan fingerprint density at radius 2 is 1.95 bits per heavy atom. The average molecular weight is 301 g/mol. The molecule has 1 aromatic rings. The van der Waals surface area contributed by atoms with E-state index in [9.17, 15) is 8.42 Å². The molecule has 0 aromatic heterocycles. The van der Waals surface area contributed by atoms with Crippen molar-refractivity contribution in [2.24, 2.45) is 5.84 Å². The zero-order valence-electron chi connectivity index (χ0n) is 11.1. The Morgan fingerprint density at radius 3 is 2.47 bits per heavy atom. The highest BCUT2D eigenvalue weighted by molar-refractivity contribution is 8.00. The number of nitrogen functional groups attached to an aromatic ring is 1. The summed E-state index contributed by atoms with van der Waals surface area (Å²) in [6.45, 7) is 5.24. The molecule has 106 valence electrons. The minimum atomic E-state index is -3.41. The van der Waals surface area contributed by atoms with Gasteiger partial charge in [0.25, 0.3) is 0 Å². The first-order valence-corrected chi connectivity index (χ1v) is 8.48. The molecule has 0 radical (unpaired) electrons. The molecule has 1 aromatic carbocycles. The minimum absolute atomic E-state index is 0.0376. The van der Waals surface area contributed by atoms with Crippen LogP contribution in [0.3, 0.4) is 0 Å². The first kappa shape index (κ1) is 14.6. The number of rotatable bonds is 3. The van der Waals surface area contributed by atoms with Crippen LogP contribution in [0.15, 0.2) is 29.2 Å². The molecule has 0 atom stereocenters. The van der Waals surface area contributed by atoms with Gasteiger partial charge in [-0.15, -0.1) is 0 Å². The van der Waals surface area contributed by atoms with E-state index in [4.69, 9.17) is 5.84 Å². The molecule has 1 saturated heterocycles. The molecule has 5 nitrogen and oxygen atoms in total. The first-order valence-electron chi connectivity index (χ1n) is 6.06. The topological polar surface area (TPSA) is 75.4 Å². The SMILES string of the molecule is CC1(C)CN(S(=O)(=O)c2ccc(NN)cc2)CCS1. The second-order valence-electron chi connectivity index (χ2n) is 5.12. The number of nitrogens with two attached hydrogens (primary N) is 1. The van der Waals surface area contributed by atoms with Crippen molar-refractivity contribution in [1.29, 1.82) is 0 Å². The molecular weight excluding hydrogens is 282 g/mol. The van der Waals surface area contributed by atoms with Gasteiger partial charge in [0, 0.05) is 29.3 Å². The van der Waals surface area contributed by atoms with Gasteiger partial charge in [-0.1, -0.05) is 0 Å². The van der Waals surface area contributed by atoms with Gasteiger partial charge in [0.05, 0.1) is 4.90 Å². The number of thioether (sulfide) groups is 1. The highest BCUT2D eigenvalue weighted by Crippen LogP contribution is 2.32. The van der Waals surface area contributed by atoms with E-state index in [-0.39, 0.29) is 4.75 Å². The maximum absolute atomic E-state index is 12.5. The van der Waals surface area contributed by atoms with Crippen LogP contribution >= 0.6 is 11.8 Å². The van der Waals surface area contributed by atoms with Gasteiger partial charge in [-0.2, -0.15) is 16.1 Å². The molecule has 0 aliphatic carbocycles. The maximum atomic E-state index is 12.5. The van der Waals surface area contributed by atoms with Crippen molar-refractivity contribution in [2.45, 2.75) is 23.5 Å². The van der Waals surface area contributed by atoms with Gasteiger partial charge in [-0.25, -0.2) is 8.42 Å². The zero-order valence-corrected chi connectivity index (χ0v) is 12.7. The average Bonchev–Trinajstić information content (AvgIpc) is 2.37. The molecule has 0 bridgehead atoms. The Labute approximate surface area is 118 Å². The fourth-order valence-corrected chi connectivity index (χ4v) is 4.96. The third-order valence-electron chi connectivity index (χ3n) is 3.05. The van der Waals surface area contributed by atoms with Gasteiger partial charge in [-0.05, 0) is 38.1 Å². The van der Waals surface area contributed by atoms with Crippen LogP contribution < -0.4 is 11.3 Å². The van der Waals surface area contributed by atoms with Crippen LogP contribution in [0.2, 0.25) is 0 Å². The molecule has 1 aliphatic rings. The standard InChI is InChI=1S/C12H19N3O2S2/c1-12(2)9-15(7-8-18-12)19(16,17)11-5-3-10(14-13)4-6-11/h3-6,14H,7-9,13H2,1-2H3. The first-order chi connectivity index (χ1) is 8.85. The number of nitrogens with one attached hydrogen (secondary N) is 1. The van der Waals surface area contributed by atoms with E-state index < -0.39 is 10.0 Å². The molecule has 0 spiro atoms. The molecule has 1 fully saturated rings. The molecular formula is C12H19N3O2S2. The van der Waals surface area contributed by atoms with Crippen molar-refractivity contribution >= 4 is 27.5 Å². The van der Waals surface area contributed by atoms with E-state index in [1.165, 1.54) is 0 Å². The van der Waals surface area contributed by atoms with Gasteiger partial charge in [0.15, 0.2) is 0 Å². The molecule has 1 heterocycles. The van der Waals surface area contributed by atoms with Crippen LogP contribution in [0.5, 0.6) is 0 Å². The zero-order chi connectivity index (χ0) is 14.1. The second kappa shape index (κ2) is 5.32. The van der Waals surface area contributed by atoms with Crippen molar-refractivity contribution < 1.29 is 8.42 Å². The molecule has 0 amide bonds. The Bertz CT molecular complexity index is 541. The van der Waals surface area contributed by atoms with Crippen LogP contribution in [0.1, 0.15) is 13.8 Å². The van der Waals surface area contributed by atoms with Crippen molar-refractivity contribution in [1.82, 2.24) is 4.31 Å². The Morgan fingerprint density at radius 1 is 1.32 bits per heavy atom. The molecule has 1 aliphatic heterocycles. The normalized spacial score (nSPS) is 20.2. The molecule has 0 saturated carbocycles. The third kappa shape index (κ3) is 3.22. The van der Waals surface area contributed by atoms with Crippen molar-refractivity contribution in [3.63, 3.8) is 0 Å². The van der Waals surface area contributed by atoms with Gasteiger partial charge < -0.3 is 5.43 Å². The van der Waals surface area contributed by atoms with Crippen LogP contribution in [0.4, 0.5) is 5.69 Å². The van der Waals surface area contributed by atoms with Crippen LogP contribution in [0.25, 0.3) is 0 Å². The van der Waals surface area contributed by atoms with Crippen LogP contribution in [-0.2, 0) is 10.0 Å². The summed E-state index contributed by atoms with van der Waals surface area (Å²) in [5, 5.41) is 0. The summed E-state index contributed by atoms with van der Waals surface area (Å²) < 4.78 is 26.6. The largest absolute Gasteiger partial charge is 0.324 e. The lowest BCUT2D eigenvalue weighted by molar-refractivity contribution is 0.387. The van der Waals surface area contributed by atoms with Gasteiger partial charge >= 0.3 is 0 Å². The Balaban J connectivity index is 2.26. The number of sulfonamides is 1. The number of benzene rings is 1. The van der Waals surface area contributed by atoms with Gasteiger partial charge in [-0.3, -0.25) is 5.84 Å². The molecule has 3 N–H and O–H groups in total. The fourth-order valence-electron chi connectivity index (χ4n) is 2.05. The number of hydrazine groups is 1. The summed E-state index contributed by atoms with van der Waals surface area (Å²) in [6.07, 6.45) is 0. The molecule has 19 heavy (non-hydrogen) atoms. The smallest absolute Gasteiger partial charge is 0.243 e. The van der Waals surface area contributed by atoms with Gasteiger partial charge in [0.1, 0.15) is 0 Å². The Kier molecular flexibility index (Phi) is 4.10. The van der Waals surface area contributed by atoms with Crippen molar-refractivity contribution in [2.75, 3.05) is 24.3 Å². The summed E-state index contributed by atoms with van der Waals surface area (Å²) in [5.74, 6) is 6.10. The quantitative estimate of drug-likeness (QED) is 0.653. The lowest BCUT2D eigenvalue weighted by atomic mass is 10.2. The summed E-state index contributed by atoms with van der Waals surface area (Å²) in [6, 6.07) is 6.49. The number of nitrogens with zero attached hydrogens (tertiary/aromatic N) is 1. The third-order valence-corrected chi connectivity index (χ3v) is 6.21. The predicted octanol–water partition coefficient (Wildman–Crippen LogP) is 1.49. The maximum Gasteiger partial charge on any atom is 0.243 e.